The summed E-state index contributed by atoms with van der Waals surface area (Å²) in [5.41, 5.74) is 0. The van der Waals surface area contributed by atoms with E-state index in [9.17, 15) is 8.42 Å². The van der Waals surface area contributed by atoms with Crippen molar-refractivity contribution in [3.05, 3.63) is 48.5 Å². The molecule has 25 heavy (non-hydrogen) atoms. The van der Waals surface area contributed by atoms with Crippen LogP contribution in [0.5, 0.6) is 17.2 Å². The Kier molecular flexibility index (Phi) is 7.09. The van der Waals surface area contributed by atoms with Gasteiger partial charge in [-0.3, -0.25) is 0 Å². The summed E-state index contributed by atoms with van der Waals surface area (Å²) in [6, 6.07) is 13.9. The van der Waals surface area contributed by atoms with Crippen molar-refractivity contribution < 1.29 is 22.6 Å². The molecule has 0 unspecified atom stereocenters. The van der Waals surface area contributed by atoms with Crippen LogP contribution in [0.25, 0.3) is 0 Å². The molecule has 1 N–H and O–H groups in total. The number of benzene rings is 2. The maximum Gasteiger partial charge on any atom is 0.244 e. The van der Waals surface area contributed by atoms with E-state index in [0.717, 1.165) is 0 Å². The number of nitrogens with one attached hydrogen (secondary N) is 1. The highest BCUT2D eigenvalue weighted by Crippen LogP contribution is 2.28. The Labute approximate surface area is 148 Å². The molecule has 2 rings (SSSR count). The summed E-state index contributed by atoms with van der Waals surface area (Å²) in [4.78, 5) is 0.0810. The second kappa shape index (κ2) is 9.29. The van der Waals surface area contributed by atoms with Gasteiger partial charge in [-0.05, 0) is 38.1 Å². The second-order valence-corrected chi connectivity index (χ2v) is 6.77. The lowest BCUT2D eigenvalue weighted by atomic mass is 10.3. The van der Waals surface area contributed by atoms with E-state index in [1.807, 2.05) is 37.3 Å². The summed E-state index contributed by atoms with van der Waals surface area (Å²) in [7, 11) is -3.71. The van der Waals surface area contributed by atoms with E-state index in [2.05, 4.69) is 4.72 Å². The predicted molar refractivity (Wildman–Crippen MR) is 95.9 cm³/mol. The molecule has 7 heteroatoms. The number of rotatable bonds is 10. The van der Waals surface area contributed by atoms with Crippen molar-refractivity contribution in [1.82, 2.24) is 4.72 Å². The Balaban J connectivity index is 2.02. The summed E-state index contributed by atoms with van der Waals surface area (Å²) in [6.07, 6.45) is 0. The largest absolute Gasteiger partial charge is 0.494 e. The fraction of sp³-hybridized carbons (Fsp3) is 0.333. The first-order valence-corrected chi connectivity index (χ1v) is 9.62. The maximum absolute atomic E-state index is 12.5. The molecular formula is C18H23NO5S. The van der Waals surface area contributed by atoms with Gasteiger partial charge in [0.05, 0.1) is 13.2 Å². The van der Waals surface area contributed by atoms with Crippen molar-refractivity contribution in [3.63, 3.8) is 0 Å². The van der Waals surface area contributed by atoms with Crippen LogP contribution in [0.4, 0.5) is 0 Å². The molecule has 0 amide bonds. The monoisotopic (exact) mass is 365 g/mol. The number of hydrogen-bond acceptors (Lipinski definition) is 5. The van der Waals surface area contributed by atoms with E-state index in [1.165, 1.54) is 6.07 Å². The van der Waals surface area contributed by atoms with Gasteiger partial charge in [-0.2, -0.15) is 0 Å². The van der Waals surface area contributed by atoms with Crippen molar-refractivity contribution in [1.29, 1.82) is 0 Å². The van der Waals surface area contributed by atoms with Crippen LogP contribution in [0.15, 0.2) is 53.4 Å². The lowest BCUT2D eigenvalue weighted by Crippen LogP contribution is -2.28. The Morgan fingerprint density at radius 2 is 1.60 bits per heavy atom. The number of ether oxygens (including phenoxy) is 3. The normalized spacial score (nSPS) is 11.1. The van der Waals surface area contributed by atoms with Gasteiger partial charge in [0.2, 0.25) is 10.0 Å². The summed E-state index contributed by atoms with van der Waals surface area (Å²) >= 11 is 0. The first-order valence-electron chi connectivity index (χ1n) is 8.14. The highest BCUT2D eigenvalue weighted by Gasteiger charge is 2.20. The molecule has 2 aromatic carbocycles. The number of para-hydroxylation sites is 1. The first-order chi connectivity index (χ1) is 12.1. The highest BCUT2D eigenvalue weighted by atomic mass is 32.2. The third kappa shape index (κ3) is 5.65. The minimum atomic E-state index is -3.71. The molecule has 0 atom stereocenters. The number of hydrogen-bond donors (Lipinski definition) is 1. The first kappa shape index (κ1) is 19.1. The van der Waals surface area contributed by atoms with Gasteiger partial charge in [0.25, 0.3) is 0 Å². The van der Waals surface area contributed by atoms with E-state index in [0.29, 0.717) is 24.7 Å². The van der Waals surface area contributed by atoms with Crippen LogP contribution in [0.2, 0.25) is 0 Å². The Morgan fingerprint density at radius 1 is 0.880 bits per heavy atom. The zero-order valence-corrected chi connectivity index (χ0v) is 15.2. The van der Waals surface area contributed by atoms with Crippen LogP contribution in [0.1, 0.15) is 13.8 Å². The average Bonchev–Trinajstić information content (AvgIpc) is 2.60. The van der Waals surface area contributed by atoms with Crippen LogP contribution in [0.3, 0.4) is 0 Å². The topological polar surface area (TPSA) is 73.9 Å². The van der Waals surface area contributed by atoms with E-state index < -0.39 is 10.0 Å². The third-order valence-electron chi connectivity index (χ3n) is 3.22. The molecule has 0 aromatic heterocycles. The molecule has 0 fully saturated rings. The molecule has 0 aliphatic heterocycles. The van der Waals surface area contributed by atoms with Gasteiger partial charge in [-0.15, -0.1) is 0 Å². The SMILES string of the molecule is CCOc1ccc(S(=O)(=O)NCCOc2ccccc2)c(OCC)c1. The molecule has 0 bridgehead atoms. The summed E-state index contributed by atoms with van der Waals surface area (Å²) < 4.78 is 43.9. The molecule has 0 saturated carbocycles. The zero-order valence-electron chi connectivity index (χ0n) is 14.4. The zero-order chi connectivity index (χ0) is 18.1. The second-order valence-electron chi connectivity index (χ2n) is 5.03. The Morgan fingerprint density at radius 3 is 2.28 bits per heavy atom. The quantitative estimate of drug-likeness (QED) is 0.656. The van der Waals surface area contributed by atoms with Gasteiger partial charge in [-0.25, -0.2) is 13.1 Å². The molecular weight excluding hydrogens is 342 g/mol. The third-order valence-corrected chi connectivity index (χ3v) is 4.72. The summed E-state index contributed by atoms with van der Waals surface area (Å²) in [5.74, 6) is 1.53. The predicted octanol–water partition coefficient (Wildman–Crippen LogP) is 2.84. The standard InChI is InChI=1S/C18H23NO5S/c1-3-22-16-10-11-18(17(14-16)23-4-2)25(20,21)19-12-13-24-15-8-6-5-7-9-15/h5-11,14,19H,3-4,12-13H2,1-2H3. The van der Waals surface area contributed by atoms with Crippen LogP contribution in [-0.4, -0.2) is 34.8 Å². The minimum Gasteiger partial charge on any atom is -0.494 e. The van der Waals surface area contributed by atoms with E-state index in [-0.39, 0.29) is 23.8 Å². The molecule has 0 saturated heterocycles. The van der Waals surface area contributed by atoms with Gasteiger partial charge in [0.1, 0.15) is 28.8 Å². The Hall–Kier alpha value is -2.25. The van der Waals surface area contributed by atoms with E-state index in [1.54, 1.807) is 19.1 Å². The summed E-state index contributed by atoms with van der Waals surface area (Å²) in [5, 5.41) is 0. The molecule has 136 valence electrons. The molecule has 0 aliphatic carbocycles. The maximum atomic E-state index is 12.5. The smallest absolute Gasteiger partial charge is 0.244 e. The highest BCUT2D eigenvalue weighted by molar-refractivity contribution is 7.89. The van der Waals surface area contributed by atoms with Crippen LogP contribution in [0, 0.1) is 0 Å². The van der Waals surface area contributed by atoms with Crippen molar-refractivity contribution in [2.75, 3.05) is 26.4 Å². The van der Waals surface area contributed by atoms with E-state index >= 15 is 0 Å². The van der Waals surface area contributed by atoms with Crippen LogP contribution < -0.4 is 18.9 Å². The average molecular weight is 365 g/mol. The summed E-state index contributed by atoms with van der Waals surface area (Å²) in [6.45, 7) is 4.88. The Bertz CT molecular complexity index is 762. The molecule has 0 heterocycles. The fourth-order valence-corrected chi connectivity index (χ4v) is 3.31. The number of sulfonamides is 1. The fourth-order valence-electron chi connectivity index (χ4n) is 2.17. The van der Waals surface area contributed by atoms with Crippen molar-refractivity contribution in [2.45, 2.75) is 18.7 Å². The van der Waals surface area contributed by atoms with Gasteiger partial charge >= 0.3 is 0 Å². The molecule has 6 nitrogen and oxygen atoms in total. The van der Waals surface area contributed by atoms with Crippen molar-refractivity contribution in [2.24, 2.45) is 0 Å². The molecule has 0 spiro atoms. The van der Waals surface area contributed by atoms with Crippen molar-refractivity contribution >= 4 is 10.0 Å². The minimum absolute atomic E-state index is 0.0810. The van der Waals surface area contributed by atoms with Crippen molar-refractivity contribution in [3.8, 4) is 17.2 Å². The van der Waals surface area contributed by atoms with Crippen LogP contribution >= 0.6 is 0 Å². The lowest BCUT2D eigenvalue weighted by Gasteiger charge is -2.14. The molecule has 2 aromatic rings. The van der Waals surface area contributed by atoms with Gasteiger partial charge in [-0.1, -0.05) is 18.2 Å². The van der Waals surface area contributed by atoms with Crippen LogP contribution in [-0.2, 0) is 10.0 Å². The van der Waals surface area contributed by atoms with Gasteiger partial charge in [0.15, 0.2) is 0 Å². The lowest BCUT2D eigenvalue weighted by molar-refractivity contribution is 0.315. The van der Waals surface area contributed by atoms with E-state index in [4.69, 9.17) is 14.2 Å². The molecule has 0 aliphatic rings. The van der Waals surface area contributed by atoms with Gasteiger partial charge in [0, 0.05) is 12.6 Å². The molecule has 0 radical (unpaired) electrons. The van der Waals surface area contributed by atoms with Gasteiger partial charge < -0.3 is 14.2 Å².